The number of carbonyl (C=O) groups excluding carboxylic acids is 1. The van der Waals surface area contributed by atoms with Crippen LogP contribution in [0.25, 0.3) is 12.2 Å². The molecule has 40 heavy (non-hydrogen) atoms. The molecule has 1 saturated carbocycles. The second kappa shape index (κ2) is 12.2. The van der Waals surface area contributed by atoms with Crippen molar-refractivity contribution in [2.45, 2.75) is 83.6 Å². The Kier molecular flexibility index (Phi) is 8.83. The van der Waals surface area contributed by atoms with Crippen LogP contribution in [0.5, 0.6) is 0 Å². The summed E-state index contributed by atoms with van der Waals surface area (Å²) >= 11 is 0. The van der Waals surface area contributed by atoms with Crippen LogP contribution in [-0.4, -0.2) is 78.9 Å². The summed E-state index contributed by atoms with van der Waals surface area (Å²) in [7, 11) is -3.81. The van der Waals surface area contributed by atoms with Gasteiger partial charge in [0.2, 0.25) is 15.9 Å². The van der Waals surface area contributed by atoms with Gasteiger partial charge in [-0.05, 0) is 76.1 Å². The van der Waals surface area contributed by atoms with E-state index < -0.39 is 10.0 Å². The van der Waals surface area contributed by atoms with Crippen molar-refractivity contribution >= 4 is 28.1 Å². The van der Waals surface area contributed by atoms with E-state index in [9.17, 15) is 13.2 Å². The van der Waals surface area contributed by atoms with Crippen LogP contribution in [0.1, 0.15) is 78.7 Å². The van der Waals surface area contributed by atoms with Gasteiger partial charge in [0.15, 0.2) is 10.7 Å². The molecule has 5 rings (SSSR count). The molecule has 3 aliphatic rings. The molecule has 0 atom stereocenters. The monoisotopic (exact) mass is 568 g/mol. The Balaban J connectivity index is 1.21. The van der Waals surface area contributed by atoms with Gasteiger partial charge in [-0.1, -0.05) is 48.2 Å². The molecule has 1 aromatic carbocycles. The Bertz CT molecular complexity index is 1320. The van der Waals surface area contributed by atoms with E-state index in [0.717, 1.165) is 42.9 Å². The first-order chi connectivity index (χ1) is 19.1. The van der Waals surface area contributed by atoms with Crippen molar-refractivity contribution in [1.29, 1.82) is 0 Å². The fraction of sp³-hybridized carbons (Fsp3) is 0.613. The second-order valence-corrected chi connectivity index (χ2v) is 13.8. The van der Waals surface area contributed by atoms with E-state index in [1.807, 2.05) is 24.8 Å². The summed E-state index contributed by atoms with van der Waals surface area (Å²) in [5, 5.41) is 4.00. The maximum absolute atomic E-state index is 13.7. The molecule has 1 amide bonds. The zero-order chi connectivity index (χ0) is 28.4. The Hall–Kier alpha value is -2.49. The van der Waals surface area contributed by atoms with Crippen LogP contribution in [-0.2, 0) is 14.8 Å². The molecule has 2 aromatic rings. The fourth-order valence-electron chi connectivity index (χ4n) is 6.90. The highest BCUT2D eigenvalue weighted by Crippen LogP contribution is 2.31. The maximum Gasteiger partial charge on any atom is 0.248 e. The van der Waals surface area contributed by atoms with Crippen molar-refractivity contribution in [3.8, 4) is 0 Å². The van der Waals surface area contributed by atoms with Crippen molar-refractivity contribution in [2.24, 2.45) is 5.92 Å². The quantitative estimate of drug-likeness (QED) is 0.490. The first kappa shape index (κ1) is 29.0. The minimum Gasteiger partial charge on any atom is -0.355 e. The lowest BCUT2D eigenvalue weighted by Crippen LogP contribution is -2.54. The van der Waals surface area contributed by atoms with E-state index >= 15 is 0 Å². The van der Waals surface area contributed by atoms with Crippen LogP contribution in [0.2, 0.25) is 0 Å². The van der Waals surface area contributed by atoms with Crippen LogP contribution in [0.15, 0.2) is 21.6 Å². The Morgan fingerprint density at radius 3 is 2.12 bits per heavy atom. The highest BCUT2D eigenvalue weighted by atomic mass is 32.2. The molecule has 2 aliphatic heterocycles. The maximum atomic E-state index is 13.7. The van der Waals surface area contributed by atoms with Crippen molar-refractivity contribution in [3.63, 3.8) is 0 Å². The summed E-state index contributed by atoms with van der Waals surface area (Å²) in [6, 6.07) is 4.90. The molecule has 3 fully saturated rings. The summed E-state index contributed by atoms with van der Waals surface area (Å²) in [5.41, 5.74) is 4.83. The third kappa shape index (κ3) is 6.06. The lowest BCUT2D eigenvalue weighted by atomic mass is 9.93. The zero-order valence-corrected chi connectivity index (χ0v) is 25.3. The van der Waals surface area contributed by atoms with Gasteiger partial charge in [-0.3, -0.25) is 9.69 Å². The largest absolute Gasteiger partial charge is 0.355 e. The van der Waals surface area contributed by atoms with Gasteiger partial charge in [0.25, 0.3) is 0 Å². The van der Waals surface area contributed by atoms with Gasteiger partial charge in [0.05, 0.1) is 0 Å². The zero-order valence-electron chi connectivity index (χ0n) is 24.5. The van der Waals surface area contributed by atoms with Gasteiger partial charge in [-0.25, -0.2) is 8.42 Å². The molecule has 0 radical (unpaired) electrons. The van der Waals surface area contributed by atoms with E-state index in [0.29, 0.717) is 37.7 Å². The number of hydrogen-bond donors (Lipinski definition) is 0. The van der Waals surface area contributed by atoms with Crippen LogP contribution >= 0.6 is 0 Å². The number of benzene rings is 1. The van der Waals surface area contributed by atoms with Crippen LogP contribution in [0, 0.1) is 33.6 Å². The molecule has 8 nitrogen and oxygen atoms in total. The lowest BCUT2D eigenvalue weighted by Gasteiger charge is -2.42. The molecular weight excluding hydrogens is 524 g/mol. The molecule has 218 valence electrons. The van der Waals surface area contributed by atoms with Gasteiger partial charge < -0.3 is 9.42 Å². The first-order valence-electron chi connectivity index (χ1n) is 14.9. The minimum absolute atomic E-state index is 0.120. The van der Waals surface area contributed by atoms with Gasteiger partial charge in [-0.15, -0.1) is 0 Å². The number of piperazine rings is 1. The van der Waals surface area contributed by atoms with Crippen LogP contribution in [0.4, 0.5) is 0 Å². The summed E-state index contributed by atoms with van der Waals surface area (Å²) < 4.78 is 34.4. The van der Waals surface area contributed by atoms with Crippen LogP contribution in [0.3, 0.4) is 0 Å². The average Bonchev–Trinajstić information content (AvgIpc) is 3.33. The number of amides is 1. The Morgan fingerprint density at radius 2 is 1.50 bits per heavy atom. The van der Waals surface area contributed by atoms with Crippen molar-refractivity contribution < 1.29 is 17.7 Å². The lowest BCUT2D eigenvalue weighted by molar-refractivity contribution is -0.139. The molecule has 3 heterocycles. The molecule has 0 unspecified atom stereocenters. The second-order valence-electron chi connectivity index (χ2n) is 11.9. The first-order valence-corrected chi connectivity index (χ1v) is 16.3. The molecule has 0 spiro atoms. The molecular formula is C31H44N4O4S. The molecule has 1 aromatic heterocycles. The molecule has 0 bridgehead atoms. The number of piperidine rings is 1. The fourth-order valence-corrected chi connectivity index (χ4v) is 8.62. The number of sulfonamides is 1. The minimum atomic E-state index is -3.81. The highest BCUT2D eigenvalue weighted by molar-refractivity contribution is 7.89. The predicted molar refractivity (Wildman–Crippen MR) is 157 cm³/mol. The van der Waals surface area contributed by atoms with E-state index in [2.05, 4.69) is 29.1 Å². The third-order valence-electron chi connectivity index (χ3n) is 9.09. The normalized spacial score (nSPS) is 20.9. The summed E-state index contributed by atoms with van der Waals surface area (Å²) in [5.74, 6) is 0.308. The van der Waals surface area contributed by atoms with Gasteiger partial charge >= 0.3 is 0 Å². The number of aromatic nitrogens is 1. The van der Waals surface area contributed by atoms with Crippen LogP contribution < -0.4 is 0 Å². The predicted octanol–water partition coefficient (Wildman–Crippen LogP) is 4.96. The SMILES string of the molecule is Cc1cc(C)c(C=Cc2onc(C)c2S(=O)(=O)N2CCC(C(=O)N3CCN(C4CCCCC4)CC3)CC2)c(C)c1. The van der Waals surface area contributed by atoms with Crippen molar-refractivity contribution in [3.05, 3.63) is 45.8 Å². The molecule has 2 saturated heterocycles. The van der Waals surface area contributed by atoms with Gasteiger partial charge in [-0.2, -0.15) is 4.31 Å². The third-order valence-corrected chi connectivity index (χ3v) is 11.1. The van der Waals surface area contributed by atoms with E-state index in [4.69, 9.17) is 4.52 Å². The Morgan fingerprint density at radius 1 is 0.875 bits per heavy atom. The summed E-state index contributed by atoms with van der Waals surface area (Å²) in [4.78, 5) is 18.0. The summed E-state index contributed by atoms with van der Waals surface area (Å²) in [6.45, 7) is 11.9. The molecule has 1 aliphatic carbocycles. The van der Waals surface area contributed by atoms with Gasteiger partial charge in [0, 0.05) is 51.2 Å². The highest BCUT2D eigenvalue weighted by Gasteiger charge is 2.37. The average molecular weight is 569 g/mol. The smallest absolute Gasteiger partial charge is 0.248 e. The van der Waals surface area contributed by atoms with E-state index in [1.54, 1.807) is 13.0 Å². The number of nitrogens with zero attached hydrogens (tertiary/aromatic N) is 4. The number of carbonyl (C=O) groups is 1. The number of hydrogen-bond acceptors (Lipinski definition) is 6. The standard InChI is InChI=1S/C31H44N4O4S/c1-22-20-23(2)28(24(3)21-22)10-11-29-30(25(4)32-39-29)40(37,38)35-14-12-26(13-15-35)31(36)34-18-16-33(17-19-34)27-8-6-5-7-9-27/h10-11,20-21,26-27H,5-9,12-19H2,1-4H3. The van der Waals surface area contributed by atoms with E-state index in [-0.39, 0.29) is 22.5 Å². The number of rotatable bonds is 6. The van der Waals surface area contributed by atoms with Crippen molar-refractivity contribution in [2.75, 3.05) is 39.3 Å². The Labute approximate surface area is 239 Å². The number of aryl methyl sites for hydroxylation is 4. The van der Waals surface area contributed by atoms with E-state index in [1.165, 1.54) is 42.0 Å². The molecule has 0 N–H and O–H groups in total. The van der Waals surface area contributed by atoms with Crippen molar-refractivity contribution in [1.82, 2.24) is 19.3 Å². The topological polar surface area (TPSA) is 87.0 Å². The molecule has 9 heteroatoms. The summed E-state index contributed by atoms with van der Waals surface area (Å²) in [6.07, 6.45) is 11.3. The van der Waals surface area contributed by atoms with Gasteiger partial charge in [0.1, 0.15) is 5.69 Å².